The average Bonchev–Trinajstić information content (AvgIpc) is 3.12. The van der Waals surface area contributed by atoms with Gasteiger partial charge in [-0.15, -0.1) is 11.3 Å². The SMILES string of the molecule is CC(Nc1ccc(Cn2cccn2)cc1)c1sccc1Br. The second-order valence-electron chi connectivity index (χ2n) is 4.90. The van der Waals surface area contributed by atoms with Gasteiger partial charge in [-0.1, -0.05) is 12.1 Å². The van der Waals surface area contributed by atoms with Crippen LogP contribution in [-0.4, -0.2) is 9.78 Å². The molecule has 0 saturated carbocycles. The highest BCUT2D eigenvalue weighted by Crippen LogP contribution is 2.31. The van der Waals surface area contributed by atoms with Gasteiger partial charge in [-0.05, 0) is 58.1 Å². The Labute approximate surface area is 136 Å². The quantitative estimate of drug-likeness (QED) is 0.698. The fourth-order valence-electron chi connectivity index (χ4n) is 2.22. The van der Waals surface area contributed by atoms with Crippen LogP contribution in [0.4, 0.5) is 5.69 Å². The van der Waals surface area contributed by atoms with E-state index in [2.05, 4.69) is 69.0 Å². The highest BCUT2D eigenvalue weighted by Gasteiger charge is 2.10. The van der Waals surface area contributed by atoms with E-state index in [-0.39, 0.29) is 6.04 Å². The van der Waals surface area contributed by atoms with Gasteiger partial charge in [0.25, 0.3) is 0 Å². The van der Waals surface area contributed by atoms with Crippen molar-refractivity contribution in [1.29, 1.82) is 0 Å². The van der Waals surface area contributed by atoms with E-state index < -0.39 is 0 Å². The molecule has 3 nitrogen and oxygen atoms in total. The van der Waals surface area contributed by atoms with Gasteiger partial charge in [-0.2, -0.15) is 5.10 Å². The van der Waals surface area contributed by atoms with E-state index in [0.29, 0.717) is 0 Å². The number of hydrogen-bond donors (Lipinski definition) is 1. The molecule has 0 fully saturated rings. The van der Waals surface area contributed by atoms with E-state index in [1.165, 1.54) is 14.9 Å². The highest BCUT2D eigenvalue weighted by molar-refractivity contribution is 9.10. The van der Waals surface area contributed by atoms with Gasteiger partial charge < -0.3 is 5.32 Å². The largest absolute Gasteiger partial charge is 0.378 e. The summed E-state index contributed by atoms with van der Waals surface area (Å²) in [4.78, 5) is 1.32. The number of anilines is 1. The van der Waals surface area contributed by atoms with Crippen LogP contribution in [0.1, 0.15) is 23.4 Å². The van der Waals surface area contributed by atoms with E-state index >= 15 is 0 Å². The number of thiophene rings is 1. The van der Waals surface area contributed by atoms with Crippen molar-refractivity contribution in [3.8, 4) is 0 Å². The van der Waals surface area contributed by atoms with Gasteiger partial charge in [0.15, 0.2) is 0 Å². The number of hydrogen-bond acceptors (Lipinski definition) is 3. The summed E-state index contributed by atoms with van der Waals surface area (Å²) >= 11 is 5.35. The molecule has 1 unspecified atom stereocenters. The topological polar surface area (TPSA) is 29.9 Å². The lowest BCUT2D eigenvalue weighted by atomic mass is 10.2. The second-order valence-corrected chi connectivity index (χ2v) is 6.70. The highest BCUT2D eigenvalue weighted by atomic mass is 79.9. The smallest absolute Gasteiger partial charge is 0.0659 e. The summed E-state index contributed by atoms with van der Waals surface area (Å²) in [5.74, 6) is 0. The summed E-state index contributed by atoms with van der Waals surface area (Å²) in [5.41, 5.74) is 2.38. The molecule has 108 valence electrons. The Morgan fingerprint density at radius 2 is 2.10 bits per heavy atom. The standard InChI is InChI=1S/C16H16BrN3S/c1-12(16-15(17)7-10-21-16)19-14-5-3-13(4-6-14)11-20-9-2-8-18-20/h2-10,12,19H,11H2,1H3. The van der Waals surface area contributed by atoms with Crippen molar-refractivity contribution in [1.82, 2.24) is 9.78 Å². The molecule has 0 bridgehead atoms. The van der Waals surface area contributed by atoms with Gasteiger partial charge in [-0.3, -0.25) is 4.68 Å². The summed E-state index contributed by atoms with van der Waals surface area (Å²) < 4.78 is 3.09. The lowest BCUT2D eigenvalue weighted by Crippen LogP contribution is -2.05. The van der Waals surface area contributed by atoms with Crippen LogP contribution < -0.4 is 5.32 Å². The molecule has 2 heterocycles. The van der Waals surface area contributed by atoms with Crippen LogP contribution in [0.25, 0.3) is 0 Å². The molecule has 3 rings (SSSR count). The Bertz CT molecular complexity index is 689. The minimum atomic E-state index is 0.288. The summed E-state index contributed by atoms with van der Waals surface area (Å²) in [6.07, 6.45) is 3.78. The number of rotatable bonds is 5. The van der Waals surface area contributed by atoms with Gasteiger partial charge >= 0.3 is 0 Å². The van der Waals surface area contributed by atoms with E-state index in [1.54, 1.807) is 17.5 Å². The van der Waals surface area contributed by atoms with Crippen LogP contribution in [0.15, 0.2) is 58.6 Å². The van der Waals surface area contributed by atoms with Crippen LogP contribution in [0, 0.1) is 0 Å². The van der Waals surface area contributed by atoms with Gasteiger partial charge in [0, 0.05) is 27.4 Å². The summed E-state index contributed by atoms with van der Waals surface area (Å²) in [6.45, 7) is 2.98. The molecule has 1 atom stereocenters. The maximum atomic E-state index is 4.22. The molecule has 1 N–H and O–H groups in total. The zero-order valence-electron chi connectivity index (χ0n) is 11.7. The third kappa shape index (κ3) is 3.54. The Balaban J connectivity index is 1.66. The van der Waals surface area contributed by atoms with E-state index in [0.717, 1.165) is 12.2 Å². The van der Waals surface area contributed by atoms with E-state index in [4.69, 9.17) is 0 Å². The Morgan fingerprint density at radius 1 is 1.29 bits per heavy atom. The normalized spacial score (nSPS) is 12.3. The fourth-order valence-corrected chi connectivity index (χ4v) is 3.94. The van der Waals surface area contributed by atoms with Crippen LogP contribution in [0.3, 0.4) is 0 Å². The zero-order chi connectivity index (χ0) is 14.7. The molecular weight excluding hydrogens is 346 g/mol. The predicted molar refractivity (Wildman–Crippen MR) is 91.8 cm³/mol. The Hall–Kier alpha value is -1.59. The van der Waals surface area contributed by atoms with Gasteiger partial charge in [0.1, 0.15) is 0 Å². The molecule has 0 spiro atoms. The summed E-state index contributed by atoms with van der Waals surface area (Å²) in [5, 5.41) is 9.85. The average molecular weight is 362 g/mol. The first kappa shape index (κ1) is 14.4. The molecule has 0 saturated heterocycles. The van der Waals surface area contributed by atoms with Crippen molar-refractivity contribution in [2.75, 3.05) is 5.32 Å². The van der Waals surface area contributed by atoms with Crippen LogP contribution in [0.2, 0.25) is 0 Å². The summed E-state index contributed by atoms with van der Waals surface area (Å²) in [6, 6.07) is 12.8. The van der Waals surface area contributed by atoms with Crippen LogP contribution in [0.5, 0.6) is 0 Å². The van der Waals surface area contributed by atoms with Gasteiger partial charge in [0.2, 0.25) is 0 Å². The number of benzene rings is 1. The maximum Gasteiger partial charge on any atom is 0.0659 e. The van der Waals surface area contributed by atoms with Crippen molar-refractivity contribution in [2.45, 2.75) is 19.5 Å². The van der Waals surface area contributed by atoms with Crippen molar-refractivity contribution in [2.24, 2.45) is 0 Å². The third-order valence-electron chi connectivity index (χ3n) is 3.28. The number of nitrogens with one attached hydrogen (secondary N) is 1. The van der Waals surface area contributed by atoms with E-state index in [9.17, 15) is 0 Å². The minimum Gasteiger partial charge on any atom is -0.378 e. The molecular formula is C16H16BrN3S. The molecule has 0 aliphatic carbocycles. The molecule has 0 aliphatic heterocycles. The molecule has 21 heavy (non-hydrogen) atoms. The first-order valence-electron chi connectivity index (χ1n) is 6.78. The summed E-state index contributed by atoms with van der Waals surface area (Å²) in [7, 11) is 0. The molecule has 0 amide bonds. The van der Waals surface area contributed by atoms with Crippen molar-refractivity contribution in [3.63, 3.8) is 0 Å². The van der Waals surface area contributed by atoms with E-state index in [1.807, 2.05) is 16.9 Å². The predicted octanol–water partition coefficient (Wildman–Crippen LogP) is 4.93. The molecule has 2 aromatic heterocycles. The second kappa shape index (κ2) is 6.45. The van der Waals surface area contributed by atoms with Crippen molar-refractivity contribution >= 4 is 33.0 Å². The molecule has 0 radical (unpaired) electrons. The monoisotopic (exact) mass is 361 g/mol. The Morgan fingerprint density at radius 3 is 2.71 bits per heavy atom. The lowest BCUT2D eigenvalue weighted by molar-refractivity contribution is 0.687. The first-order chi connectivity index (χ1) is 10.2. The van der Waals surface area contributed by atoms with Gasteiger partial charge in [-0.25, -0.2) is 0 Å². The van der Waals surface area contributed by atoms with Crippen molar-refractivity contribution in [3.05, 3.63) is 69.1 Å². The number of nitrogens with zero attached hydrogens (tertiary/aromatic N) is 2. The van der Waals surface area contributed by atoms with Crippen molar-refractivity contribution < 1.29 is 0 Å². The third-order valence-corrected chi connectivity index (χ3v) is 5.33. The number of halogens is 1. The Kier molecular flexibility index (Phi) is 4.41. The van der Waals surface area contributed by atoms with Gasteiger partial charge in [0.05, 0.1) is 12.6 Å². The van der Waals surface area contributed by atoms with Crippen LogP contribution >= 0.6 is 27.3 Å². The maximum absolute atomic E-state index is 4.22. The fraction of sp³-hybridized carbons (Fsp3) is 0.188. The number of aromatic nitrogens is 2. The molecule has 3 aromatic rings. The molecule has 5 heteroatoms. The first-order valence-corrected chi connectivity index (χ1v) is 8.45. The van der Waals surface area contributed by atoms with Crippen LogP contribution in [-0.2, 0) is 6.54 Å². The minimum absolute atomic E-state index is 0.288. The lowest BCUT2D eigenvalue weighted by Gasteiger charge is -2.15. The molecule has 1 aromatic carbocycles. The zero-order valence-corrected chi connectivity index (χ0v) is 14.1. The molecule has 0 aliphatic rings.